The van der Waals surface area contributed by atoms with Gasteiger partial charge in [-0.3, -0.25) is 19.5 Å². The van der Waals surface area contributed by atoms with Crippen LogP contribution in [0.3, 0.4) is 0 Å². The van der Waals surface area contributed by atoms with Crippen LogP contribution in [0, 0.1) is 0 Å². The number of ketones is 1. The number of aliphatic hydroxyl groups is 1. The van der Waals surface area contributed by atoms with Crippen LogP contribution in [0.2, 0.25) is 0 Å². The summed E-state index contributed by atoms with van der Waals surface area (Å²) in [5.74, 6) is -0.784. The van der Waals surface area contributed by atoms with E-state index in [1.807, 2.05) is 6.92 Å². The number of rotatable bonds is 8. The third kappa shape index (κ3) is 5.07. The van der Waals surface area contributed by atoms with Crippen LogP contribution in [0.25, 0.3) is 5.76 Å². The van der Waals surface area contributed by atoms with E-state index in [1.54, 1.807) is 53.7 Å². The topological polar surface area (TPSA) is 92.2 Å². The van der Waals surface area contributed by atoms with Gasteiger partial charge in [-0.15, -0.1) is 0 Å². The van der Waals surface area contributed by atoms with E-state index in [0.29, 0.717) is 44.2 Å². The first-order chi connectivity index (χ1) is 16.1. The molecule has 0 aliphatic carbocycles. The minimum atomic E-state index is -0.678. The van der Waals surface area contributed by atoms with Crippen molar-refractivity contribution in [2.75, 3.05) is 46.0 Å². The molecule has 33 heavy (non-hydrogen) atoms. The summed E-state index contributed by atoms with van der Waals surface area (Å²) < 4.78 is 11.0. The van der Waals surface area contributed by atoms with Gasteiger partial charge in [-0.25, -0.2) is 0 Å². The fourth-order valence-electron chi connectivity index (χ4n) is 4.16. The third-order valence-corrected chi connectivity index (χ3v) is 5.92. The van der Waals surface area contributed by atoms with Crippen LogP contribution < -0.4 is 4.74 Å². The Labute approximate surface area is 193 Å². The van der Waals surface area contributed by atoms with Gasteiger partial charge in [-0.05, 0) is 48.4 Å². The largest absolute Gasteiger partial charge is 0.507 e. The number of benzene rings is 1. The molecule has 0 radical (unpaired) electrons. The molecule has 0 bridgehead atoms. The van der Waals surface area contributed by atoms with E-state index < -0.39 is 17.7 Å². The highest BCUT2D eigenvalue weighted by Gasteiger charge is 2.46. The average molecular weight is 452 g/mol. The van der Waals surface area contributed by atoms with Crippen molar-refractivity contribution in [1.82, 2.24) is 14.8 Å². The number of aromatic nitrogens is 1. The molecule has 1 aromatic heterocycles. The maximum absolute atomic E-state index is 13.1. The second-order valence-corrected chi connectivity index (χ2v) is 8.10. The van der Waals surface area contributed by atoms with Gasteiger partial charge in [0, 0.05) is 44.1 Å². The lowest BCUT2D eigenvalue weighted by molar-refractivity contribution is -0.140. The normalized spacial score (nSPS) is 20.9. The van der Waals surface area contributed by atoms with Crippen LogP contribution in [-0.2, 0) is 14.3 Å². The van der Waals surface area contributed by atoms with Crippen LogP contribution in [0.5, 0.6) is 5.75 Å². The van der Waals surface area contributed by atoms with Crippen LogP contribution in [0.15, 0.2) is 54.4 Å². The quantitative estimate of drug-likeness (QED) is 0.375. The molecule has 2 aliphatic rings. The van der Waals surface area contributed by atoms with Crippen molar-refractivity contribution in [2.45, 2.75) is 19.4 Å². The number of likely N-dealkylation sites (tertiary alicyclic amines) is 1. The van der Waals surface area contributed by atoms with Gasteiger partial charge in [0.2, 0.25) is 0 Å². The number of nitrogens with zero attached hydrogens (tertiary/aromatic N) is 3. The van der Waals surface area contributed by atoms with E-state index in [1.165, 1.54) is 0 Å². The van der Waals surface area contributed by atoms with Gasteiger partial charge in [0.15, 0.2) is 0 Å². The third-order valence-electron chi connectivity index (χ3n) is 5.92. The minimum absolute atomic E-state index is 0.0930. The summed E-state index contributed by atoms with van der Waals surface area (Å²) in [4.78, 5) is 33.9. The van der Waals surface area contributed by atoms with Crippen molar-refractivity contribution in [3.05, 3.63) is 65.5 Å². The van der Waals surface area contributed by atoms with Crippen molar-refractivity contribution >= 4 is 17.4 Å². The molecule has 1 amide bonds. The molecule has 2 fully saturated rings. The van der Waals surface area contributed by atoms with Gasteiger partial charge >= 0.3 is 0 Å². The fourth-order valence-corrected chi connectivity index (χ4v) is 4.16. The van der Waals surface area contributed by atoms with Gasteiger partial charge in [0.05, 0.1) is 31.4 Å². The zero-order valence-corrected chi connectivity index (χ0v) is 18.8. The average Bonchev–Trinajstić information content (AvgIpc) is 3.12. The number of ether oxygens (including phenoxy) is 2. The summed E-state index contributed by atoms with van der Waals surface area (Å²) in [6.07, 6.45) is 4.14. The van der Waals surface area contributed by atoms with Gasteiger partial charge in [0.1, 0.15) is 11.5 Å². The monoisotopic (exact) mass is 451 g/mol. The molecule has 4 rings (SSSR count). The van der Waals surface area contributed by atoms with E-state index in [9.17, 15) is 14.7 Å². The minimum Gasteiger partial charge on any atom is -0.507 e. The molecule has 2 saturated heterocycles. The molecule has 0 unspecified atom stereocenters. The van der Waals surface area contributed by atoms with Crippen molar-refractivity contribution < 1.29 is 24.2 Å². The van der Waals surface area contributed by atoms with Crippen molar-refractivity contribution in [3.63, 3.8) is 0 Å². The Morgan fingerprint density at radius 3 is 2.45 bits per heavy atom. The molecule has 0 spiro atoms. The number of pyridine rings is 1. The summed E-state index contributed by atoms with van der Waals surface area (Å²) >= 11 is 0. The van der Waals surface area contributed by atoms with Gasteiger partial charge in [0.25, 0.3) is 11.7 Å². The molecule has 1 atom stereocenters. The molecule has 8 heteroatoms. The number of hydrogen-bond acceptors (Lipinski definition) is 7. The summed E-state index contributed by atoms with van der Waals surface area (Å²) in [7, 11) is 0. The standard InChI is InChI=1S/C25H29N3O5/c1-2-15-33-20-5-3-19(4-6-20)23(29)21-22(18-7-9-26-10-8-18)28(25(31)24(21)30)12-11-27-13-16-32-17-14-27/h3-10,22,29H,2,11-17H2,1H3/b23-21+/t22-/m0/s1. The lowest BCUT2D eigenvalue weighted by atomic mass is 9.96. The van der Waals surface area contributed by atoms with E-state index >= 15 is 0 Å². The van der Waals surface area contributed by atoms with Crippen LogP contribution >= 0.6 is 0 Å². The first-order valence-corrected chi connectivity index (χ1v) is 11.3. The summed E-state index contributed by atoms with van der Waals surface area (Å²) in [5, 5.41) is 11.1. The van der Waals surface area contributed by atoms with Crippen LogP contribution in [0.1, 0.15) is 30.5 Å². The van der Waals surface area contributed by atoms with Gasteiger partial charge < -0.3 is 19.5 Å². The van der Waals surface area contributed by atoms with Crippen LogP contribution in [0.4, 0.5) is 0 Å². The molecule has 174 valence electrons. The Balaban J connectivity index is 1.66. The second kappa shape index (κ2) is 10.6. The Morgan fingerprint density at radius 2 is 1.79 bits per heavy atom. The Bertz CT molecular complexity index is 1000. The molecule has 0 saturated carbocycles. The zero-order valence-electron chi connectivity index (χ0n) is 18.8. The van der Waals surface area contributed by atoms with Gasteiger partial charge in [-0.1, -0.05) is 6.92 Å². The first kappa shape index (κ1) is 22.9. The highest BCUT2D eigenvalue weighted by Crippen LogP contribution is 2.39. The predicted molar refractivity (Wildman–Crippen MR) is 123 cm³/mol. The zero-order chi connectivity index (χ0) is 23.2. The number of hydrogen-bond donors (Lipinski definition) is 1. The first-order valence-electron chi connectivity index (χ1n) is 11.3. The number of carbonyl (C=O) groups excluding carboxylic acids is 2. The molecule has 1 N–H and O–H groups in total. The number of aliphatic hydroxyl groups excluding tert-OH is 1. The maximum Gasteiger partial charge on any atom is 0.295 e. The van der Waals surface area contributed by atoms with Crippen molar-refractivity contribution in [1.29, 1.82) is 0 Å². The Kier molecular flexibility index (Phi) is 7.36. The highest BCUT2D eigenvalue weighted by molar-refractivity contribution is 6.46. The molecule has 3 heterocycles. The Hall–Kier alpha value is -3.23. The number of carbonyl (C=O) groups is 2. The van der Waals surface area contributed by atoms with Crippen molar-refractivity contribution in [3.8, 4) is 5.75 Å². The molecular formula is C25H29N3O5. The van der Waals surface area contributed by atoms with E-state index in [0.717, 1.165) is 25.1 Å². The molecule has 2 aliphatic heterocycles. The molecule has 2 aromatic rings. The van der Waals surface area contributed by atoms with E-state index in [2.05, 4.69) is 9.88 Å². The highest BCUT2D eigenvalue weighted by atomic mass is 16.5. The van der Waals surface area contributed by atoms with E-state index in [-0.39, 0.29) is 11.3 Å². The number of Topliss-reactive ketones (excluding diaryl/α,β-unsaturated/α-hetero) is 1. The lowest BCUT2D eigenvalue weighted by Crippen LogP contribution is -2.42. The SMILES string of the molecule is CCCOc1ccc(/C(O)=C2\C(=O)C(=O)N(CCN3CCOCC3)[C@H]2c2ccncc2)cc1. The predicted octanol–water partition coefficient (Wildman–Crippen LogP) is 2.62. The lowest BCUT2D eigenvalue weighted by Gasteiger charge is -2.30. The number of morpholine rings is 1. The summed E-state index contributed by atoms with van der Waals surface area (Å²) in [5.41, 5.74) is 1.29. The van der Waals surface area contributed by atoms with Gasteiger partial charge in [-0.2, -0.15) is 0 Å². The Morgan fingerprint density at radius 1 is 1.09 bits per heavy atom. The fraction of sp³-hybridized carbons (Fsp3) is 0.400. The van der Waals surface area contributed by atoms with E-state index in [4.69, 9.17) is 9.47 Å². The summed E-state index contributed by atoms with van der Waals surface area (Å²) in [6, 6.07) is 9.77. The van der Waals surface area contributed by atoms with Crippen molar-refractivity contribution in [2.24, 2.45) is 0 Å². The maximum atomic E-state index is 13.1. The molecule has 1 aromatic carbocycles. The molecule has 8 nitrogen and oxygen atoms in total. The smallest absolute Gasteiger partial charge is 0.295 e. The second-order valence-electron chi connectivity index (χ2n) is 8.10. The molecular weight excluding hydrogens is 422 g/mol. The number of amides is 1. The summed E-state index contributed by atoms with van der Waals surface area (Å²) in [6.45, 7) is 6.51. The van der Waals surface area contributed by atoms with Crippen LogP contribution in [-0.4, -0.2) is 77.6 Å².